The Kier molecular flexibility index (Phi) is 3.32. The van der Waals surface area contributed by atoms with Crippen LogP contribution in [0.4, 0.5) is 8.78 Å². The molecular weight excluding hydrogens is 102 g/mol. The van der Waals surface area contributed by atoms with Gasteiger partial charge in [-0.15, -0.1) is 0 Å². The van der Waals surface area contributed by atoms with E-state index >= 15 is 0 Å². The van der Waals surface area contributed by atoms with Crippen LogP contribution >= 0.6 is 0 Å². The molecule has 0 aliphatic rings. The Labute approximate surface area is 39.0 Å². The Bertz CT molecular complexity index is 28.0. The van der Waals surface area contributed by atoms with Crippen molar-refractivity contribution in [3.63, 3.8) is 0 Å². The highest BCUT2D eigenvalue weighted by Crippen LogP contribution is 1.93. The second-order valence-electron chi connectivity index (χ2n) is 1.16. The van der Waals surface area contributed by atoms with Crippen molar-refractivity contribution in [1.82, 2.24) is 0 Å². The lowest BCUT2D eigenvalue weighted by molar-refractivity contribution is 0.282. The predicted molar refractivity (Wildman–Crippen MR) is 25.6 cm³/mol. The maximum atomic E-state index is 11.5. The van der Waals surface area contributed by atoms with Crippen molar-refractivity contribution in [3.05, 3.63) is 0 Å². The summed E-state index contributed by atoms with van der Waals surface area (Å²) in [5.41, 5.74) is 0. The van der Waals surface area contributed by atoms with Gasteiger partial charge in [0.15, 0.2) is 0 Å². The number of alkyl halides is 2. The third-order valence-electron chi connectivity index (χ3n) is 0.610. The lowest BCUT2D eigenvalue weighted by atomic mass is 10.5. The molecule has 0 aromatic heterocycles. The van der Waals surface area contributed by atoms with Gasteiger partial charge in [-0.2, -0.15) is 0 Å². The van der Waals surface area contributed by atoms with E-state index in [4.69, 9.17) is 0 Å². The van der Waals surface area contributed by atoms with Crippen LogP contribution in [0.1, 0.15) is 0 Å². The average molecular weight is 110 g/mol. The summed E-state index contributed by atoms with van der Waals surface area (Å²) < 4.78 is 22.6. The summed E-state index contributed by atoms with van der Waals surface area (Å²) in [5.74, 6) is 0. The quantitative estimate of drug-likeness (QED) is 0.441. The molecule has 0 saturated carbocycles. The van der Waals surface area contributed by atoms with Crippen LogP contribution in [-0.2, 0) is 0 Å². The van der Waals surface area contributed by atoms with Gasteiger partial charge in [-0.25, -0.2) is 8.78 Å². The topological polar surface area (TPSA) is 0 Å². The average Bonchev–Trinajstić information content (AvgIpc) is 1.65. The van der Waals surface area contributed by atoms with Crippen LogP contribution < -0.4 is 0 Å². The molecule has 0 bridgehead atoms. The van der Waals surface area contributed by atoms with Gasteiger partial charge in [-0.1, -0.05) is 0 Å². The predicted octanol–water partition coefficient (Wildman–Crippen LogP) is 0.0777. The van der Waals surface area contributed by atoms with E-state index in [9.17, 15) is 8.78 Å². The van der Waals surface area contributed by atoms with E-state index in [0.717, 1.165) is 10.2 Å². The largest absolute Gasteiger partial charge is 0.248 e. The highest BCUT2D eigenvalue weighted by Gasteiger charge is 1.97. The van der Waals surface area contributed by atoms with E-state index in [1.165, 1.54) is 0 Å². The summed E-state index contributed by atoms with van der Waals surface area (Å²) in [5, 5.41) is 0. The Balaban J connectivity index is 2.75. The van der Waals surface area contributed by atoms with E-state index in [1.54, 1.807) is 0 Å². The number of halogens is 2. The Morgan fingerprint density at radius 2 is 2.17 bits per heavy atom. The summed E-state index contributed by atoms with van der Waals surface area (Å²) in [4.78, 5) is 0. The molecule has 0 spiro atoms. The molecule has 0 fully saturated rings. The molecule has 0 radical (unpaired) electrons. The van der Waals surface area contributed by atoms with Gasteiger partial charge >= 0.3 is 0 Å². The lowest BCUT2D eigenvalue weighted by Gasteiger charge is -1.91. The van der Waals surface area contributed by atoms with Gasteiger partial charge in [0.05, 0.1) is 0 Å². The zero-order chi connectivity index (χ0) is 4.99. The minimum Gasteiger partial charge on any atom is -0.248 e. The van der Waals surface area contributed by atoms with Crippen LogP contribution in [-0.4, -0.2) is 23.1 Å². The van der Waals surface area contributed by atoms with Crippen molar-refractivity contribution >= 4 is 10.2 Å². The van der Waals surface area contributed by atoms with E-state index < -0.39 is 12.8 Å². The molecule has 0 aromatic rings. The summed E-state index contributed by atoms with van der Waals surface area (Å²) in [6, 6.07) is 0.427. The minimum absolute atomic E-state index is 0.427. The van der Waals surface area contributed by atoms with Crippen molar-refractivity contribution < 1.29 is 8.78 Å². The van der Waals surface area contributed by atoms with E-state index in [-0.39, 0.29) is 0 Å². The van der Waals surface area contributed by atoms with Crippen molar-refractivity contribution in [2.24, 2.45) is 0 Å². The second kappa shape index (κ2) is 3.27. The molecule has 0 heterocycles. The molecule has 1 atom stereocenters. The Hall–Kier alpha value is 0.0769. The number of hydrogen-bond donors (Lipinski definition) is 0. The van der Waals surface area contributed by atoms with Crippen LogP contribution in [0.25, 0.3) is 0 Å². The Morgan fingerprint density at radius 3 is 2.17 bits per heavy atom. The van der Waals surface area contributed by atoms with Crippen molar-refractivity contribution in [2.75, 3.05) is 6.67 Å². The smallest absolute Gasteiger partial charge is 0.125 e. The zero-order valence-corrected chi connectivity index (χ0v) is 5.75. The maximum absolute atomic E-state index is 11.5. The molecule has 38 valence electrons. The van der Waals surface area contributed by atoms with Crippen molar-refractivity contribution in [1.29, 1.82) is 0 Å². The van der Waals surface area contributed by atoms with Gasteiger partial charge in [0.1, 0.15) is 12.8 Å². The van der Waals surface area contributed by atoms with Gasteiger partial charge < -0.3 is 0 Å². The Morgan fingerprint density at radius 1 is 1.67 bits per heavy atom. The number of hydrogen-bond acceptors (Lipinski definition) is 0. The molecule has 1 unspecified atom stereocenters. The first-order chi connectivity index (χ1) is 2.81. The van der Waals surface area contributed by atoms with E-state index in [1.807, 2.05) is 0 Å². The molecule has 0 nitrogen and oxygen atoms in total. The highest BCUT2D eigenvalue weighted by atomic mass is 28.1. The molecule has 0 aliphatic heterocycles. The van der Waals surface area contributed by atoms with E-state index in [0.29, 0.717) is 6.04 Å². The van der Waals surface area contributed by atoms with Crippen LogP contribution in [0, 0.1) is 0 Å². The molecule has 0 N–H and O–H groups in total. The van der Waals surface area contributed by atoms with E-state index in [2.05, 4.69) is 0 Å². The van der Waals surface area contributed by atoms with Crippen LogP contribution in [0.3, 0.4) is 0 Å². The second-order valence-corrected chi connectivity index (χ2v) is 1.98. The molecule has 0 amide bonds. The molecular formula is C3H8F2Si. The van der Waals surface area contributed by atoms with Crippen molar-refractivity contribution in [2.45, 2.75) is 12.2 Å². The fourth-order valence-corrected chi connectivity index (χ4v) is 0.327. The van der Waals surface area contributed by atoms with Crippen LogP contribution in [0.2, 0.25) is 6.04 Å². The van der Waals surface area contributed by atoms with Crippen LogP contribution in [0.15, 0.2) is 0 Å². The molecule has 0 aromatic carbocycles. The van der Waals surface area contributed by atoms with Gasteiger partial charge in [-0.05, 0) is 6.04 Å². The molecule has 0 rings (SSSR count). The normalized spacial score (nSPS) is 15.0. The summed E-state index contributed by atoms with van der Waals surface area (Å²) in [7, 11) is 0.767. The van der Waals surface area contributed by atoms with Gasteiger partial charge in [0.2, 0.25) is 0 Å². The molecule has 0 aliphatic carbocycles. The first-order valence-corrected chi connectivity index (χ1v) is 3.42. The van der Waals surface area contributed by atoms with Gasteiger partial charge in [0.25, 0.3) is 0 Å². The SMILES string of the molecule is FCC(F)C[SiH3]. The first kappa shape index (κ1) is 6.08. The highest BCUT2D eigenvalue weighted by molar-refractivity contribution is 6.08. The fraction of sp³-hybridized carbons (Fsp3) is 1.00. The van der Waals surface area contributed by atoms with Crippen LogP contribution in [0.5, 0.6) is 0 Å². The van der Waals surface area contributed by atoms with Gasteiger partial charge in [0, 0.05) is 10.2 Å². The number of rotatable bonds is 2. The van der Waals surface area contributed by atoms with Crippen molar-refractivity contribution in [3.8, 4) is 0 Å². The zero-order valence-electron chi connectivity index (χ0n) is 3.75. The standard InChI is InChI=1S/C3H8F2Si/c4-1-3(5)2-6/h3H,1-2H2,6H3. The third-order valence-corrected chi connectivity index (χ3v) is 1.50. The summed E-state index contributed by atoms with van der Waals surface area (Å²) in [6.45, 7) is -0.802. The summed E-state index contributed by atoms with van der Waals surface area (Å²) >= 11 is 0. The molecule has 0 saturated heterocycles. The monoisotopic (exact) mass is 110 g/mol. The lowest BCUT2D eigenvalue weighted by Crippen LogP contribution is -1.99. The van der Waals surface area contributed by atoms with Gasteiger partial charge in [-0.3, -0.25) is 0 Å². The molecule has 6 heavy (non-hydrogen) atoms. The fourth-order valence-electron chi connectivity index (χ4n) is 0.109. The first-order valence-electron chi connectivity index (χ1n) is 2.01. The molecule has 3 heteroatoms. The maximum Gasteiger partial charge on any atom is 0.125 e. The summed E-state index contributed by atoms with van der Waals surface area (Å²) in [6.07, 6.45) is -1.17. The minimum atomic E-state index is -1.17. The third kappa shape index (κ3) is 2.32.